The van der Waals surface area contributed by atoms with Crippen molar-refractivity contribution in [3.8, 4) is 11.1 Å². The Morgan fingerprint density at radius 3 is 2.36 bits per heavy atom. The Kier molecular flexibility index (Phi) is 6.54. The van der Waals surface area contributed by atoms with Gasteiger partial charge in [0.25, 0.3) is 0 Å². The van der Waals surface area contributed by atoms with Gasteiger partial charge in [-0.2, -0.15) is 0 Å². The van der Waals surface area contributed by atoms with E-state index in [1.807, 2.05) is 0 Å². The molecule has 0 bridgehead atoms. The van der Waals surface area contributed by atoms with E-state index in [9.17, 15) is 0 Å². The molecule has 0 aliphatic carbocycles. The highest BCUT2D eigenvalue weighted by molar-refractivity contribution is 6.13. The standard InChI is InChI=1S/C33H39N5Si/c1-19(2)28-25(17-34-33-30(28)29(20(3)4)31(21(5)6)38(33)39)23-13-14-26-24(16-23)32(36-18-35-26)37-15-9-11-22-10-7-8-12-27(22)37/h7-8,10,12-14,16-21H,9,11,15H2,1-6,39H3. The third kappa shape index (κ3) is 4.16. The van der Waals surface area contributed by atoms with Gasteiger partial charge in [-0.15, -0.1) is 0 Å². The zero-order chi connectivity index (χ0) is 27.4. The molecule has 0 N–H and O–H groups in total. The van der Waals surface area contributed by atoms with Crippen LogP contribution in [0.3, 0.4) is 0 Å². The summed E-state index contributed by atoms with van der Waals surface area (Å²) in [4.78, 5) is 17.0. The van der Waals surface area contributed by atoms with Crippen molar-refractivity contribution in [2.75, 3.05) is 11.4 Å². The number of benzene rings is 2. The molecule has 3 aromatic heterocycles. The van der Waals surface area contributed by atoms with Crippen LogP contribution >= 0.6 is 0 Å². The number of fused-ring (bicyclic) bond motifs is 3. The lowest BCUT2D eigenvalue weighted by molar-refractivity contribution is 0.761. The minimum Gasteiger partial charge on any atom is -0.366 e. The predicted molar refractivity (Wildman–Crippen MR) is 168 cm³/mol. The Bertz CT molecular complexity index is 1700. The highest BCUT2D eigenvalue weighted by Crippen LogP contribution is 2.43. The van der Waals surface area contributed by atoms with Crippen molar-refractivity contribution in [1.82, 2.24) is 19.2 Å². The molecule has 4 heterocycles. The van der Waals surface area contributed by atoms with Crippen LogP contribution in [-0.4, -0.2) is 36.1 Å². The summed E-state index contributed by atoms with van der Waals surface area (Å²) in [5.74, 6) is 2.25. The van der Waals surface area contributed by atoms with E-state index in [1.54, 1.807) is 6.33 Å². The van der Waals surface area contributed by atoms with E-state index in [-0.39, 0.29) is 0 Å². The first kappa shape index (κ1) is 25.7. The average molecular weight is 534 g/mol. The van der Waals surface area contributed by atoms with Crippen LogP contribution in [0.2, 0.25) is 0 Å². The summed E-state index contributed by atoms with van der Waals surface area (Å²) in [5, 5.41) is 2.46. The van der Waals surface area contributed by atoms with Crippen LogP contribution < -0.4 is 4.90 Å². The van der Waals surface area contributed by atoms with Gasteiger partial charge in [0.2, 0.25) is 0 Å². The van der Waals surface area contributed by atoms with Gasteiger partial charge in [0.1, 0.15) is 28.2 Å². The first-order valence-electron chi connectivity index (χ1n) is 14.4. The molecule has 0 unspecified atom stereocenters. The molecule has 0 saturated heterocycles. The van der Waals surface area contributed by atoms with Crippen LogP contribution in [0.25, 0.3) is 33.1 Å². The maximum Gasteiger partial charge on any atom is 0.144 e. The number of hydrogen-bond acceptors (Lipinski definition) is 4. The van der Waals surface area contributed by atoms with E-state index in [1.165, 1.54) is 44.6 Å². The lowest BCUT2D eigenvalue weighted by Crippen LogP contribution is -2.25. The molecule has 0 atom stereocenters. The molecule has 1 aliphatic rings. The molecule has 2 aromatic carbocycles. The summed E-state index contributed by atoms with van der Waals surface area (Å²) in [6.07, 6.45) is 6.05. The minimum atomic E-state index is 0.364. The fourth-order valence-electron chi connectivity index (χ4n) is 6.75. The lowest BCUT2D eigenvalue weighted by atomic mass is 9.86. The molecule has 0 saturated carbocycles. The van der Waals surface area contributed by atoms with E-state index >= 15 is 0 Å². The van der Waals surface area contributed by atoms with E-state index in [0.717, 1.165) is 52.2 Å². The van der Waals surface area contributed by atoms with Gasteiger partial charge in [-0.05, 0) is 71.0 Å². The first-order valence-corrected chi connectivity index (χ1v) is 15.3. The number of anilines is 2. The van der Waals surface area contributed by atoms with Gasteiger partial charge in [0.15, 0.2) is 0 Å². The van der Waals surface area contributed by atoms with Gasteiger partial charge in [0.05, 0.1) is 5.52 Å². The topological polar surface area (TPSA) is 46.8 Å². The highest BCUT2D eigenvalue weighted by atomic mass is 28.2. The van der Waals surface area contributed by atoms with Gasteiger partial charge >= 0.3 is 0 Å². The SMILES string of the molecule is CC(C)c1c(-c2ccc3ncnc(N4CCCc5ccccc54)c3c2)cnc2c1c(C(C)C)c(C(C)C)n2[SiH3]. The maximum atomic E-state index is 5.12. The van der Waals surface area contributed by atoms with E-state index < -0.39 is 0 Å². The van der Waals surface area contributed by atoms with Crippen LogP contribution in [0.5, 0.6) is 0 Å². The van der Waals surface area contributed by atoms with Crippen molar-refractivity contribution in [3.63, 3.8) is 0 Å². The normalized spacial score (nSPS) is 13.9. The summed E-state index contributed by atoms with van der Waals surface area (Å²) >= 11 is 0. The molecule has 6 heteroatoms. The van der Waals surface area contributed by atoms with Crippen molar-refractivity contribution in [2.24, 2.45) is 0 Å². The second-order valence-corrected chi connectivity index (χ2v) is 12.8. The molecule has 5 nitrogen and oxygen atoms in total. The molecule has 5 aromatic rings. The molecule has 200 valence electrons. The van der Waals surface area contributed by atoms with Crippen LogP contribution in [0.15, 0.2) is 55.0 Å². The van der Waals surface area contributed by atoms with E-state index in [4.69, 9.17) is 9.97 Å². The third-order valence-corrected chi connectivity index (χ3v) is 9.22. The number of para-hydroxylation sites is 1. The first-order chi connectivity index (χ1) is 18.8. The second kappa shape index (κ2) is 9.90. The van der Waals surface area contributed by atoms with Crippen LogP contribution in [0.4, 0.5) is 11.5 Å². The number of rotatable bonds is 5. The Hall–Kier alpha value is -3.51. The van der Waals surface area contributed by atoms with Gasteiger partial charge in [-0.3, -0.25) is 0 Å². The molecule has 0 fully saturated rings. The highest BCUT2D eigenvalue weighted by Gasteiger charge is 2.26. The van der Waals surface area contributed by atoms with Crippen LogP contribution in [0, 0.1) is 0 Å². The average Bonchev–Trinajstić information content (AvgIpc) is 3.24. The van der Waals surface area contributed by atoms with Crippen LogP contribution in [-0.2, 0) is 6.42 Å². The molecular formula is C33H39N5Si. The summed E-state index contributed by atoms with van der Waals surface area (Å²) in [6, 6.07) is 15.4. The number of aromatic nitrogens is 4. The molecular weight excluding hydrogens is 494 g/mol. The van der Waals surface area contributed by atoms with Gasteiger partial charge in [-0.1, -0.05) is 65.8 Å². The monoisotopic (exact) mass is 533 g/mol. The summed E-state index contributed by atoms with van der Waals surface area (Å²) in [7, 11) is 0.925. The summed E-state index contributed by atoms with van der Waals surface area (Å²) < 4.78 is 2.46. The Balaban J connectivity index is 1.60. The number of nitrogens with zero attached hydrogens (tertiary/aromatic N) is 5. The third-order valence-electron chi connectivity index (χ3n) is 8.32. The van der Waals surface area contributed by atoms with Crippen molar-refractivity contribution in [1.29, 1.82) is 0 Å². The van der Waals surface area contributed by atoms with Gasteiger partial charge < -0.3 is 9.13 Å². The largest absolute Gasteiger partial charge is 0.366 e. The van der Waals surface area contributed by atoms with Crippen molar-refractivity contribution in [3.05, 3.63) is 77.4 Å². The summed E-state index contributed by atoms with van der Waals surface area (Å²) in [5.41, 5.74) is 11.5. The molecule has 39 heavy (non-hydrogen) atoms. The number of hydrogen-bond donors (Lipinski definition) is 0. The number of aryl methyl sites for hydroxylation is 1. The van der Waals surface area contributed by atoms with E-state index in [0.29, 0.717) is 17.8 Å². The minimum absolute atomic E-state index is 0.364. The predicted octanol–water partition coefficient (Wildman–Crippen LogP) is 7.23. The molecule has 1 aliphatic heterocycles. The fourth-order valence-corrected chi connectivity index (χ4v) is 7.85. The second-order valence-electron chi connectivity index (χ2n) is 11.9. The van der Waals surface area contributed by atoms with Crippen molar-refractivity contribution < 1.29 is 0 Å². The Morgan fingerprint density at radius 2 is 1.62 bits per heavy atom. The van der Waals surface area contributed by atoms with E-state index in [2.05, 4.69) is 104 Å². The van der Waals surface area contributed by atoms with Gasteiger partial charge in [0, 0.05) is 40.5 Å². The smallest absolute Gasteiger partial charge is 0.144 e. The Morgan fingerprint density at radius 1 is 0.846 bits per heavy atom. The van der Waals surface area contributed by atoms with Crippen molar-refractivity contribution >= 4 is 43.8 Å². The molecule has 0 radical (unpaired) electrons. The molecule has 0 spiro atoms. The zero-order valence-corrected chi connectivity index (χ0v) is 26.3. The number of pyridine rings is 1. The lowest BCUT2D eigenvalue weighted by Gasteiger charge is -2.31. The molecule has 0 amide bonds. The zero-order valence-electron chi connectivity index (χ0n) is 24.3. The molecule has 6 rings (SSSR count). The van der Waals surface area contributed by atoms with Crippen molar-refractivity contribution in [2.45, 2.75) is 72.1 Å². The van der Waals surface area contributed by atoms with Crippen LogP contribution in [0.1, 0.15) is 88.1 Å². The fraction of sp³-hybridized carbons (Fsp3) is 0.364. The summed E-state index contributed by atoms with van der Waals surface area (Å²) in [6.45, 7) is 14.9. The van der Waals surface area contributed by atoms with Gasteiger partial charge in [-0.25, -0.2) is 15.0 Å². The maximum absolute atomic E-state index is 5.12. The Labute approximate surface area is 234 Å². The quantitative estimate of drug-likeness (QED) is 0.224.